The smallest absolute Gasteiger partial charge is 0.300 e. The number of halogens is 1. The number of furan rings is 1. The highest BCUT2D eigenvalue weighted by Gasteiger charge is 2.48. The number of aliphatic hydroxyl groups is 1. The molecule has 1 saturated heterocycles. The molecule has 0 spiro atoms. The highest BCUT2D eigenvalue weighted by atomic mass is 19.1. The number of Topliss-reactive ketones (excluding diaryl/α,β-unsaturated/α-hetero) is 1. The van der Waals surface area contributed by atoms with Crippen molar-refractivity contribution < 1.29 is 28.2 Å². The van der Waals surface area contributed by atoms with E-state index in [2.05, 4.69) is 0 Å². The molecule has 7 heteroatoms. The van der Waals surface area contributed by atoms with Gasteiger partial charge in [-0.05, 0) is 68.3 Å². The molecular formula is C25H22FNO5. The molecule has 0 aliphatic carbocycles. The van der Waals surface area contributed by atoms with E-state index in [-0.39, 0.29) is 28.3 Å². The average Bonchev–Trinajstić information content (AvgIpc) is 3.28. The van der Waals surface area contributed by atoms with Crippen molar-refractivity contribution in [1.82, 2.24) is 0 Å². The summed E-state index contributed by atoms with van der Waals surface area (Å²) >= 11 is 0. The summed E-state index contributed by atoms with van der Waals surface area (Å²) < 4.78 is 25.2. The van der Waals surface area contributed by atoms with Crippen molar-refractivity contribution in [1.29, 1.82) is 0 Å². The predicted octanol–water partition coefficient (Wildman–Crippen LogP) is 4.98. The van der Waals surface area contributed by atoms with Crippen LogP contribution in [0.1, 0.15) is 34.3 Å². The first-order valence-electron chi connectivity index (χ1n) is 10.0. The fourth-order valence-electron chi connectivity index (χ4n) is 4.14. The number of carbonyl (C=O) groups excluding carboxylic acids is 2. The lowest BCUT2D eigenvalue weighted by Gasteiger charge is -2.23. The van der Waals surface area contributed by atoms with Crippen LogP contribution in [0.25, 0.3) is 5.76 Å². The first-order chi connectivity index (χ1) is 15.2. The number of carbonyl (C=O) groups is 2. The molecule has 2 aromatic carbocycles. The Morgan fingerprint density at radius 1 is 1.09 bits per heavy atom. The van der Waals surface area contributed by atoms with E-state index in [4.69, 9.17) is 9.15 Å². The number of amides is 1. The van der Waals surface area contributed by atoms with Gasteiger partial charge in [0.15, 0.2) is 0 Å². The molecule has 1 aliphatic heterocycles. The summed E-state index contributed by atoms with van der Waals surface area (Å²) in [6.45, 7) is 5.40. The zero-order valence-electron chi connectivity index (χ0n) is 18.1. The Bertz CT molecular complexity index is 1270. The van der Waals surface area contributed by atoms with Gasteiger partial charge in [0, 0.05) is 5.69 Å². The third kappa shape index (κ3) is 3.45. The number of aliphatic hydroxyl groups excluding tert-OH is 1. The van der Waals surface area contributed by atoms with Gasteiger partial charge in [-0.25, -0.2) is 4.39 Å². The second-order valence-corrected chi connectivity index (χ2v) is 7.76. The van der Waals surface area contributed by atoms with Gasteiger partial charge in [-0.15, -0.1) is 0 Å². The minimum absolute atomic E-state index is 0.156. The number of ether oxygens (including phenoxy) is 1. The molecule has 0 radical (unpaired) electrons. The van der Waals surface area contributed by atoms with Crippen molar-refractivity contribution in [2.75, 3.05) is 12.0 Å². The highest BCUT2D eigenvalue weighted by molar-refractivity contribution is 6.51. The fourth-order valence-corrected chi connectivity index (χ4v) is 4.14. The summed E-state index contributed by atoms with van der Waals surface area (Å²) in [5.74, 6) is -1.50. The molecule has 1 atom stereocenters. The minimum Gasteiger partial charge on any atom is -0.507 e. The zero-order valence-corrected chi connectivity index (χ0v) is 18.1. The molecule has 0 saturated carbocycles. The Hall–Kier alpha value is -3.87. The third-order valence-corrected chi connectivity index (χ3v) is 5.44. The molecule has 1 aliphatic rings. The summed E-state index contributed by atoms with van der Waals surface area (Å²) in [6, 6.07) is 11.2. The van der Waals surface area contributed by atoms with Gasteiger partial charge in [0.25, 0.3) is 11.7 Å². The quantitative estimate of drug-likeness (QED) is 0.355. The normalized spacial score (nSPS) is 17.8. The Kier molecular flexibility index (Phi) is 5.34. The van der Waals surface area contributed by atoms with Crippen molar-refractivity contribution >= 4 is 23.1 Å². The van der Waals surface area contributed by atoms with Crippen molar-refractivity contribution in [3.05, 3.63) is 88.1 Å². The average molecular weight is 435 g/mol. The van der Waals surface area contributed by atoms with Crippen LogP contribution in [0.4, 0.5) is 10.1 Å². The molecule has 0 bridgehead atoms. The molecule has 164 valence electrons. The van der Waals surface area contributed by atoms with Gasteiger partial charge in [0.1, 0.15) is 34.9 Å². The molecule has 1 unspecified atom stereocenters. The number of aryl methyl sites for hydroxylation is 3. The van der Waals surface area contributed by atoms with Gasteiger partial charge in [-0.3, -0.25) is 14.5 Å². The zero-order chi connectivity index (χ0) is 23.2. The van der Waals surface area contributed by atoms with Crippen molar-refractivity contribution in [2.24, 2.45) is 0 Å². The van der Waals surface area contributed by atoms with Gasteiger partial charge in [0.05, 0.1) is 18.2 Å². The van der Waals surface area contributed by atoms with Crippen LogP contribution in [0.2, 0.25) is 0 Å². The van der Waals surface area contributed by atoms with E-state index in [9.17, 15) is 19.1 Å². The summed E-state index contributed by atoms with van der Waals surface area (Å²) in [7, 11) is 1.47. The van der Waals surface area contributed by atoms with Crippen LogP contribution in [-0.2, 0) is 9.59 Å². The summed E-state index contributed by atoms with van der Waals surface area (Å²) in [5.41, 5.74) is 1.92. The molecule has 1 amide bonds. The fraction of sp³-hybridized carbons (Fsp3) is 0.200. The molecule has 6 nitrogen and oxygen atoms in total. The van der Waals surface area contributed by atoms with Crippen molar-refractivity contribution in [3.8, 4) is 5.75 Å². The van der Waals surface area contributed by atoms with E-state index >= 15 is 0 Å². The predicted molar refractivity (Wildman–Crippen MR) is 117 cm³/mol. The van der Waals surface area contributed by atoms with Gasteiger partial charge >= 0.3 is 0 Å². The van der Waals surface area contributed by atoms with Crippen LogP contribution in [0.15, 0.2) is 58.5 Å². The molecule has 1 fully saturated rings. The Balaban J connectivity index is 2.00. The summed E-state index contributed by atoms with van der Waals surface area (Å²) in [6.07, 6.45) is 0. The minimum atomic E-state index is -1.07. The first kappa shape index (κ1) is 21.4. The maximum atomic E-state index is 14.0. The molecule has 1 N–H and O–H groups in total. The van der Waals surface area contributed by atoms with E-state index < -0.39 is 23.5 Å². The SMILES string of the molecule is COc1c(C)cc(C)cc1/C(O)=C1\C(=O)C(=O)N(c2cccc(F)c2)C1c1ccc(C)o1. The van der Waals surface area contributed by atoms with Gasteiger partial charge in [-0.2, -0.15) is 0 Å². The number of benzene rings is 2. The second-order valence-electron chi connectivity index (χ2n) is 7.76. The lowest BCUT2D eigenvalue weighted by Crippen LogP contribution is -2.29. The van der Waals surface area contributed by atoms with Crippen LogP contribution in [0, 0.1) is 26.6 Å². The number of nitrogens with zero attached hydrogens (tertiary/aromatic N) is 1. The van der Waals surface area contributed by atoms with E-state index in [0.29, 0.717) is 11.5 Å². The largest absolute Gasteiger partial charge is 0.507 e. The first-order valence-corrected chi connectivity index (χ1v) is 10.0. The number of ketones is 1. The Labute approximate surface area is 184 Å². The molecule has 4 rings (SSSR count). The van der Waals surface area contributed by atoms with E-state index in [1.54, 1.807) is 25.1 Å². The van der Waals surface area contributed by atoms with Crippen LogP contribution < -0.4 is 9.64 Å². The van der Waals surface area contributed by atoms with Crippen molar-refractivity contribution in [2.45, 2.75) is 26.8 Å². The number of anilines is 1. The molecule has 3 aromatic rings. The van der Waals surface area contributed by atoms with Gasteiger partial charge in [-0.1, -0.05) is 12.1 Å². The molecule has 1 aromatic heterocycles. The number of hydrogen-bond acceptors (Lipinski definition) is 5. The third-order valence-electron chi connectivity index (χ3n) is 5.44. The van der Waals surface area contributed by atoms with Crippen LogP contribution >= 0.6 is 0 Å². The lowest BCUT2D eigenvalue weighted by atomic mass is 9.96. The Morgan fingerprint density at radius 2 is 1.84 bits per heavy atom. The molecule has 32 heavy (non-hydrogen) atoms. The van der Waals surface area contributed by atoms with E-state index in [0.717, 1.165) is 22.1 Å². The van der Waals surface area contributed by atoms with Crippen LogP contribution in [0.5, 0.6) is 5.75 Å². The van der Waals surface area contributed by atoms with E-state index in [1.165, 1.54) is 25.3 Å². The van der Waals surface area contributed by atoms with Gasteiger partial charge in [0.2, 0.25) is 0 Å². The van der Waals surface area contributed by atoms with Crippen LogP contribution in [-0.4, -0.2) is 23.9 Å². The topological polar surface area (TPSA) is 80.0 Å². The van der Waals surface area contributed by atoms with Crippen molar-refractivity contribution in [3.63, 3.8) is 0 Å². The second kappa shape index (κ2) is 8.00. The van der Waals surface area contributed by atoms with E-state index in [1.807, 2.05) is 19.9 Å². The summed E-state index contributed by atoms with van der Waals surface area (Å²) in [4.78, 5) is 27.4. The molecular weight excluding hydrogens is 413 g/mol. The highest BCUT2D eigenvalue weighted by Crippen LogP contribution is 2.44. The van der Waals surface area contributed by atoms with Crippen LogP contribution in [0.3, 0.4) is 0 Å². The number of rotatable bonds is 4. The maximum Gasteiger partial charge on any atom is 0.300 e. The Morgan fingerprint density at radius 3 is 2.47 bits per heavy atom. The standard InChI is InChI=1S/C25H22FNO5/c1-13-10-14(2)24(31-4)18(11-13)22(28)20-21(19-9-8-15(3)32-19)27(25(30)23(20)29)17-7-5-6-16(26)12-17/h5-12,21,28H,1-4H3/b22-20+. The maximum absolute atomic E-state index is 14.0. The monoisotopic (exact) mass is 435 g/mol. The summed E-state index contributed by atoms with van der Waals surface area (Å²) in [5, 5.41) is 11.3. The number of methoxy groups -OCH3 is 1. The van der Waals surface area contributed by atoms with Gasteiger partial charge < -0.3 is 14.3 Å². The molecule has 2 heterocycles. The number of hydrogen-bond donors (Lipinski definition) is 1. The lowest BCUT2D eigenvalue weighted by molar-refractivity contribution is -0.132.